The Morgan fingerprint density at radius 1 is 0.969 bits per heavy atom. The number of hydrogen-bond donors (Lipinski definition) is 1. The lowest BCUT2D eigenvalue weighted by atomic mass is 9.90. The Labute approximate surface area is 189 Å². The SMILES string of the molecule is COc1cc([C@H]2[C@H]3C(=O)N(c4ccccc4Cl)C(=O)[C@H]3ON2c2ccccc2)ccc1O. The minimum atomic E-state index is -1.01. The second kappa shape index (κ2) is 7.85. The van der Waals surface area contributed by atoms with Crippen molar-refractivity contribution in [1.82, 2.24) is 0 Å². The van der Waals surface area contributed by atoms with Gasteiger partial charge in [0.2, 0.25) is 5.91 Å². The molecule has 8 heteroatoms. The molecule has 3 aromatic carbocycles. The molecule has 5 rings (SSSR count). The van der Waals surface area contributed by atoms with Gasteiger partial charge in [-0.25, -0.2) is 9.96 Å². The number of carbonyl (C=O) groups excluding carboxylic acids is 2. The van der Waals surface area contributed by atoms with E-state index in [2.05, 4.69) is 0 Å². The van der Waals surface area contributed by atoms with Gasteiger partial charge in [-0.1, -0.05) is 48.0 Å². The normalized spacial score (nSPS) is 22.4. The summed E-state index contributed by atoms with van der Waals surface area (Å²) >= 11 is 6.28. The van der Waals surface area contributed by atoms with Crippen molar-refractivity contribution in [3.63, 3.8) is 0 Å². The molecule has 2 amide bonds. The Hall–Kier alpha value is -3.55. The van der Waals surface area contributed by atoms with Gasteiger partial charge < -0.3 is 9.84 Å². The number of imide groups is 1. The van der Waals surface area contributed by atoms with Gasteiger partial charge in [-0.05, 0) is 42.0 Å². The molecule has 0 saturated carbocycles. The number of phenolic OH excluding ortho intramolecular Hbond substituents is 1. The van der Waals surface area contributed by atoms with E-state index in [1.807, 2.05) is 30.3 Å². The minimum Gasteiger partial charge on any atom is -0.504 e. The van der Waals surface area contributed by atoms with Gasteiger partial charge in [0.1, 0.15) is 5.92 Å². The van der Waals surface area contributed by atoms with Crippen LogP contribution in [0.2, 0.25) is 5.02 Å². The first-order valence-corrected chi connectivity index (χ1v) is 10.4. The summed E-state index contributed by atoms with van der Waals surface area (Å²) < 4.78 is 5.26. The summed E-state index contributed by atoms with van der Waals surface area (Å²) in [5, 5.41) is 11.9. The van der Waals surface area contributed by atoms with Crippen molar-refractivity contribution in [3.05, 3.63) is 83.4 Å². The van der Waals surface area contributed by atoms with Crippen molar-refractivity contribution in [2.24, 2.45) is 5.92 Å². The molecule has 2 saturated heterocycles. The summed E-state index contributed by atoms with van der Waals surface area (Å²) in [7, 11) is 1.45. The molecule has 0 spiro atoms. The number of halogens is 1. The van der Waals surface area contributed by atoms with Gasteiger partial charge in [-0.2, -0.15) is 0 Å². The number of fused-ring (bicyclic) bond motifs is 1. The highest BCUT2D eigenvalue weighted by atomic mass is 35.5. The summed E-state index contributed by atoms with van der Waals surface area (Å²) in [4.78, 5) is 34.1. The Morgan fingerprint density at radius 2 is 1.69 bits per heavy atom. The predicted molar refractivity (Wildman–Crippen MR) is 119 cm³/mol. The van der Waals surface area contributed by atoms with Crippen molar-refractivity contribution >= 4 is 34.8 Å². The summed E-state index contributed by atoms with van der Waals surface area (Å²) in [6.45, 7) is 0. The van der Waals surface area contributed by atoms with E-state index in [0.29, 0.717) is 22.0 Å². The third-order valence-electron chi connectivity index (χ3n) is 5.76. The number of anilines is 2. The first-order valence-electron chi connectivity index (χ1n) is 10.0. The quantitative estimate of drug-likeness (QED) is 0.603. The number of methoxy groups -OCH3 is 1. The zero-order valence-electron chi connectivity index (χ0n) is 17.0. The van der Waals surface area contributed by atoms with E-state index < -0.39 is 29.9 Å². The second-order valence-corrected chi connectivity index (χ2v) is 7.96. The van der Waals surface area contributed by atoms with Crippen LogP contribution in [-0.4, -0.2) is 30.1 Å². The number of aromatic hydroxyl groups is 1. The van der Waals surface area contributed by atoms with Gasteiger partial charge in [-0.3, -0.25) is 14.4 Å². The van der Waals surface area contributed by atoms with Crippen LogP contribution in [0.1, 0.15) is 11.6 Å². The fraction of sp³-hybridized carbons (Fsp3) is 0.167. The first-order chi connectivity index (χ1) is 15.5. The number of para-hydroxylation sites is 2. The van der Waals surface area contributed by atoms with Gasteiger partial charge in [0.15, 0.2) is 17.6 Å². The van der Waals surface area contributed by atoms with E-state index in [9.17, 15) is 14.7 Å². The smallest absolute Gasteiger partial charge is 0.266 e. The van der Waals surface area contributed by atoms with E-state index in [4.69, 9.17) is 21.2 Å². The fourth-order valence-electron chi connectivity index (χ4n) is 4.30. The molecule has 0 aliphatic carbocycles. The van der Waals surface area contributed by atoms with Crippen LogP contribution in [0.5, 0.6) is 11.5 Å². The summed E-state index contributed by atoms with van der Waals surface area (Å²) in [5.74, 6) is -1.44. The van der Waals surface area contributed by atoms with Crippen LogP contribution in [0.3, 0.4) is 0 Å². The van der Waals surface area contributed by atoms with Crippen molar-refractivity contribution in [3.8, 4) is 11.5 Å². The van der Waals surface area contributed by atoms with Crippen LogP contribution in [-0.2, 0) is 14.4 Å². The van der Waals surface area contributed by atoms with Gasteiger partial charge in [0.25, 0.3) is 5.91 Å². The Kier molecular flexibility index (Phi) is 5.00. The zero-order valence-corrected chi connectivity index (χ0v) is 17.8. The zero-order chi connectivity index (χ0) is 22.4. The van der Waals surface area contributed by atoms with Crippen LogP contribution in [0.25, 0.3) is 0 Å². The monoisotopic (exact) mass is 450 g/mol. The molecular formula is C24H19ClN2O5. The number of phenols is 1. The summed E-state index contributed by atoms with van der Waals surface area (Å²) in [6.07, 6.45) is -1.01. The van der Waals surface area contributed by atoms with E-state index in [1.54, 1.807) is 41.5 Å². The molecule has 2 aliphatic heterocycles. The third-order valence-corrected chi connectivity index (χ3v) is 6.08. The number of ether oxygens (including phenoxy) is 1. The molecule has 7 nitrogen and oxygen atoms in total. The van der Waals surface area contributed by atoms with Gasteiger partial charge in [0.05, 0.1) is 29.5 Å². The number of benzene rings is 3. The predicted octanol–water partition coefficient (Wildman–Crippen LogP) is 4.11. The third kappa shape index (κ3) is 3.09. The number of carbonyl (C=O) groups is 2. The highest BCUT2D eigenvalue weighted by Gasteiger charge is 2.60. The number of hydroxylamine groups is 1. The molecule has 2 heterocycles. The van der Waals surface area contributed by atoms with Crippen LogP contribution in [0, 0.1) is 5.92 Å². The topological polar surface area (TPSA) is 79.3 Å². The van der Waals surface area contributed by atoms with Crippen molar-refractivity contribution in [1.29, 1.82) is 0 Å². The molecule has 2 fully saturated rings. The van der Waals surface area contributed by atoms with E-state index in [0.717, 1.165) is 4.90 Å². The highest BCUT2D eigenvalue weighted by Crippen LogP contribution is 2.49. The number of hydrogen-bond acceptors (Lipinski definition) is 6. The molecule has 0 unspecified atom stereocenters. The number of amides is 2. The minimum absolute atomic E-state index is 0.0236. The van der Waals surface area contributed by atoms with Gasteiger partial charge >= 0.3 is 0 Å². The molecular weight excluding hydrogens is 432 g/mol. The lowest BCUT2D eigenvalue weighted by molar-refractivity contribution is -0.126. The van der Waals surface area contributed by atoms with Gasteiger partial charge in [-0.15, -0.1) is 0 Å². The standard InChI is InChI=1S/C24H19ClN2O5/c1-31-19-13-14(11-12-18(19)28)21-20-22(32-27(21)15-7-3-2-4-8-15)24(30)26(23(20)29)17-10-6-5-9-16(17)25/h2-13,20-22,28H,1H3/t20-,21+,22+/m1/s1. The lowest BCUT2D eigenvalue weighted by Crippen LogP contribution is -2.37. The Morgan fingerprint density at radius 3 is 2.41 bits per heavy atom. The van der Waals surface area contributed by atoms with Crippen LogP contribution in [0.15, 0.2) is 72.8 Å². The van der Waals surface area contributed by atoms with Crippen molar-refractivity contribution in [2.45, 2.75) is 12.1 Å². The average Bonchev–Trinajstić information content (AvgIpc) is 3.31. The molecule has 162 valence electrons. The molecule has 0 radical (unpaired) electrons. The Balaban J connectivity index is 1.62. The van der Waals surface area contributed by atoms with Crippen LogP contribution in [0.4, 0.5) is 11.4 Å². The van der Waals surface area contributed by atoms with Crippen molar-refractivity contribution < 1.29 is 24.3 Å². The average molecular weight is 451 g/mol. The second-order valence-electron chi connectivity index (χ2n) is 7.55. The molecule has 0 aromatic heterocycles. The molecule has 32 heavy (non-hydrogen) atoms. The van der Waals surface area contributed by atoms with E-state index in [-0.39, 0.29) is 11.5 Å². The Bertz CT molecular complexity index is 1200. The number of nitrogens with zero attached hydrogens (tertiary/aromatic N) is 2. The molecule has 3 aromatic rings. The van der Waals surface area contributed by atoms with E-state index in [1.165, 1.54) is 13.2 Å². The van der Waals surface area contributed by atoms with Crippen LogP contribution < -0.4 is 14.7 Å². The van der Waals surface area contributed by atoms with Crippen LogP contribution >= 0.6 is 11.6 Å². The molecule has 1 N–H and O–H groups in total. The summed E-state index contributed by atoms with van der Waals surface area (Å²) in [6, 6.07) is 20.2. The largest absolute Gasteiger partial charge is 0.504 e. The fourth-order valence-corrected chi connectivity index (χ4v) is 4.52. The van der Waals surface area contributed by atoms with Crippen molar-refractivity contribution in [2.75, 3.05) is 17.1 Å². The van der Waals surface area contributed by atoms with Gasteiger partial charge in [0, 0.05) is 0 Å². The maximum absolute atomic E-state index is 13.6. The number of rotatable bonds is 4. The summed E-state index contributed by atoms with van der Waals surface area (Å²) in [5.41, 5.74) is 1.69. The molecule has 0 bridgehead atoms. The van der Waals surface area contributed by atoms with E-state index >= 15 is 0 Å². The maximum Gasteiger partial charge on any atom is 0.266 e. The lowest BCUT2D eigenvalue weighted by Gasteiger charge is -2.29. The highest BCUT2D eigenvalue weighted by molar-refractivity contribution is 6.36. The first kappa shape index (κ1) is 20.4. The maximum atomic E-state index is 13.6. The molecule has 3 atom stereocenters. The molecule has 2 aliphatic rings.